The van der Waals surface area contributed by atoms with Crippen molar-refractivity contribution in [1.29, 1.82) is 0 Å². The van der Waals surface area contributed by atoms with E-state index >= 15 is 0 Å². The smallest absolute Gasteiger partial charge is 0.230 e. The summed E-state index contributed by atoms with van der Waals surface area (Å²) in [5.41, 5.74) is 0.913. The number of aliphatic hydroxyl groups excluding tert-OH is 1. The number of nitrogens with zero attached hydrogens (tertiary/aromatic N) is 5. The standard InChI is InChI=1S/C20H29N5O2/c1-14(2)18-21-19(24(3)4)23-20(22-18)25-10-11-27-13-16(25)12-17(26)15-8-6-5-7-9-15/h5-9,14,16-17,26H,10-13H2,1-4H3. The van der Waals surface area contributed by atoms with Crippen molar-refractivity contribution in [3.63, 3.8) is 0 Å². The molecule has 1 N–H and O–H groups in total. The first-order chi connectivity index (χ1) is 13.0. The third kappa shape index (κ3) is 4.73. The van der Waals surface area contributed by atoms with Gasteiger partial charge >= 0.3 is 0 Å². The van der Waals surface area contributed by atoms with E-state index in [0.29, 0.717) is 38.1 Å². The Hall–Kier alpha value is -2.25. The average Bonchev–Trinajstić information content (AvgIpc) is 2.68. The van der Waals surface area contributed by atoms with Gasteiger partial charge in [0, 0.05) is 33.0 Å². The molecular weight excluding hydrogens is 342 g/mol. The minimum Gasteiger partial charge on any atom is -0.388 e. The normalized spacial score (nSPS) is 18.6. The lowest BCUT2D eigenvalue weighted by Gasteiger charge is -2.37. The van der Waals surface area contributed by atoms with Crippen LogP contribution in [0, 0.1) is 0 Å². The molecule has 0 radical (unpaired) electrons. The molecule has 0 saturated carbocycles. The molecule has 7 heteroatoms. The van der Waals surface area contributed by atoms with Gasteiger partial charge in [-0.1, -0.05) is 44.2 Å². The maximum absolute atomic E-state index is 10.7. The first kappa shape index (κ1) is 19.5. The number of ether oxygens (including phenoxy) is 1. The summed E-state index contributed by atoms with van der Waals surface area (Å²) in [7, 11) is 3.86. The third-order valence-corrected chi connectivity index (χ3v) is 4.71. The molecule has 1 aromatic heterocycles. The van der Waals surface area contributed by atoms with E-state index < -0.39 is 6.10 Å². The summed E-state index contributed by atoms with van der Waals surface area (Å²) in [6, 6.07) is 9.74. The van der Waals surface area contributed by atoms with Crippen LogP contribution in [-0.2, 0) is 4.74 Å². The second-order valence-electron chi connectivity index (χ2n) is 7.43. The van der Waals surface area contributed by atoms with E-state index in [2.05, 4.69) is 28.7 Å². The summed E-state index contributed by atoms with van der Waals surface area (Å²) in [4.78, 5) is 18.0. The van der Waals surface area contributed by atoms with Gasteiger partial charge in [0.2, 0.25) is 11.9 Å². The van der Waals surface area contributed by atoms with Gasteiger partial charge in [-0.25, -0.2) is 0 Å². The lowest BCUT2D eigenvalue weighted by molar-refractivity contribution is 0.0672. The Labute approximate surface area is 161 Å². The van der Waals surface area contributed by atoms with E-state index in [4.69, 9.17) is 9.72 Å². The second-order valence-corrected chi connectivity index (χ2v) is 7.43. The van der Waals surface area contributed by atoms with Gasteiger partial charge in [-0.3, -0.25) is 0 Å². The molecule has 0 aliphatic carbocycles. The predicted octanol–water partition coefficient (Wildman–Crippen LogP) is 2.39. The minimum atomic E-state index is -0.555. The number of aromatic nitrogens is 3. The highest BCUT2D eigenvalue weighted by atomic mass is 16.5. The van der Waals surface area contributed by atoms with Gasteiger partial charge < -0.3 is 19.6 Å². The molecule has 0 spiro atoms. The van der Waals surface area contributed by atoms with Crippen LogP contribution in [-0.4, -0.2) is 60.0 Å². The van der Waals surface area contributed by atoms with E-state index in [9.17, 15) is 5.11 Å². The van der Waals surface area contributed by atoms with Gasteiger partial charge in [0.15, 0.2) is 0 Å². The molecule has 1 aliphatic rings. The summed E-state index contributed by atoms with van der Waals surface area (Å²) < 4.78 is 5.69. The van der Waals surface area contributed by atoms with E-state index in [-0.39, 0.29) is 12.0 Å². The summed E-state index contributed by atoms with van der Waals surface area (Å²) >= 11 is 0. The molecule has 7 nitrogen and oxygen atoms in total. The zero-order chi connectivity index (χ0) is 19.4. The first-order valence-corrected chi connectivity index (χ1v) is 9.46. The number of rotatable bonds is 6. The lowest BCUT2D eigenvalue weighted by atomic mass is 10.0. The van der Waals surface area contributed by atoms with Crippen LogP contribution >= 0.6 is 0 Å². The molecule has 2 aromatic rings. The van der Waals surface area contributed by atoms with E-state index in [0.717, 1.165) is 11.4 Å². The maximum Gasteiger partial charge on any atom is 0.230 e. The fourth-order valence-electron chi connectivity index (χ4n) is 3.14. The molecule has 0 amide bonds. The van der Waals surface area contributed by atoms with Crippen molar-refractivity contribution >= 4 is 11.9 Å². The summed E-state index contributed by atoms with van der Waals surface area (Å²) in [5, 5.41) is 10.7. The number of anilines is 2. The van der Waals surface area contributed by atoms with Crippen molar-refractivity contribution in [3.8, 4) is 0 Å². The van der Waals surface area contributed by atoms with Gasteiger partial charge in [-0.15, -0.1) is 0 Å². The van der Waals surface area contributed by atoms with Crippen LogP contribution in [0.1, 0.15) is 43.7 Å². The van der Waals surface area contributed by atoms with E-state index in [1.165, 1.54) is 0 Å². The van der Waals surface area contributed by atoms with Crippen LogP contribution in [0.15, 0.2) is 30.3 Å². The lowest BCUT2D eigenvalue weighted by Crippen LogP contribution is -2.47. The summed E-state index contributed by atoms with van der Waals surface area (Å²) in [6.07, 6.45) is 0.00409. The molecule has 1 saturated heterocycles. The second kappa shape index (κ2) is 8.63. The van der Waals surface area contributed by atoms with Crippen LogP contribution in [0.4, 0.5) is 11.9 Å². The fraction of sp³-hybridized carbons (Fsp3) is 0.550. The Morgan fingerprint density at radius 2 is 1.93 bits per heavy atom. The molecule has 2 unspecified atom stereocenters. The summed E-state index contributed by atoms with van der Waals surface area (Å²) in [6.45, 7) is 6.02. The highest BCUT2D eigenvalue weighted by molar-refractivity contribution is 5.40. The Kier molecular flexibility index (Phi) is 6.23. The van der Waals surface area contributed by atoms with E-state index in [1.807, 2.05) is 49.3 Å². The monoisotopic (exact) mass is 371 g/mol. The zero-order valence-corrected chi connectivity index (χ0v) is 16.5. The predicted molar refractivity (Wildman–Crippen MR) is 106 cm³/mol. The Bertz CT molecular complexity index is 712. The summed E-state index contributed by atoms with van der Waals surface area (Å²) in [5.74, 6) is 2.29. The molecule has 27 heavy (non-hydrogen) atoms. The van der Waals surface area contributed by atoms with Gasteiger partial charge in [-0.05, 0) is 5.56 Å². The van der Waals surface area contributed by atoms with Crippen molar-refractivity contribution in [3.05, 3.63) is 41.7 Å². The van der Waals surface area contributed by atoms with Crippen molar-refractivity contribution in [2.45, 2.75) is 38.3 Å². The van der Waals surface area contributed by atoms with Gasteiger partial charge in [0.25, 0.3) is 0 Å². The Morgan fingerprint density at radius 3 is 2.59 bits per heavy atom. The number of morpholine rings is 1. The number of hydrogen-bond donors (Lipinski definition) is 1. The number of benzene rings is 1. The van der Waals surface area contributed by atoms with Crippen molar-refractivity contribution in [2.75, 3.05) is 43.7 Å². The SMILES string of the molecule is CC(C)c1nc(N(C)C)nc(N2CCOCC2CC(O)c2ccccc2)n1. The molecule has 146 valence electrons. The molecule has 1 aliphatic heterocycles. The molecule has 2 heterocycles. The molecule has 2 atom stereocenters. The van der Waals surface area contributed by atoms with Crippen molar-refractivity contribution in [1.82, 2.24) is 15.0 Å². The largest absolute Gasteiger partial charge is 0.388 e. The quantitative estimate of drug-likeness (QED) is 0.836. The van der Waals surface area contributed by atoms with Gasteiger partial charge in [0.05, 0.1) is 25.4 Å². The van der Waals surface area contributed by atoms with Crippen LogP contribution in [0.25, 0.3) is 0 Å². The molecule has 1 fully saturated rings. The van der Waals surface area contributed by atoms with Gasteiger partial charge in [-0.2, -0.15) is 15.0 Å². The molecule has 3 rings (SSSR count). The van der Waals surface area contributed by atoms with Gasteiger partial charge in [0.1, 0.15) is 5.82 Å². The van der Waals surface area contributed by atoms with E-state index in [1.54, 1.807) is 0 Å². The van der Waals surface area contributed by atoms with Crippen LogP contribution in [0.3, 0.4) is 0 Å². The maximum atomic E-state index is 10.7. The Balaban J connectivity index is 1.86. The molecule has 0 bridgehead atoms. The topological polar surface area (TPSA) is 74.6 Å². The minimum absolute atomic E-state index is 0.00591. The average molecular weight is 371 g/mol. The third-order valence-electron chi connectivity index (χ3n) is 4.71. The van der Waals surface area contributed by atoms with Crippen molar-refractivity contribution in [2.24, 2.45) is 0 Å². The molecule has 1 aromatic carbocycles. The van der Waals surface area contributed by atoms with Crippen LogP contribution in [0.5, 0.6) is 0 Å². The highest BCUT2D eigenvalue weighted by Crippen LogP contribution is 2.26. The van der Waals surface area contributed by atoms with Crippen LogP contribution in [0.2, 0.25) is 0 Å². The van der Waals surface area contributed by atoms with Crippen molar-refractivity contribution < 1.29 is 9.84 Å². The number of hydrogen-bond acceptors (Lipinski definition) is 7. The Morgan fingerprint density at radius 1 is 1.19 bits per heavy atom. The highest BCUT2D eigenvalue weighted by Gasteiger charge is 2.29. The van der Waals surface area contributed by atoms with Crippen LogP contribution < -0.4 is 9.80 Å². The fourth-order valence-corrected chi connectivity index (χ4v) is 3.14. The molecular formula is C20H29N5O2. The first-order valence-electron chi connectivity index (χ1n) is 9.46. The number of aliphatic hydroxyl groups is 1. The zero-order valence-electron chi connectivity index (χ0n) is 16.5.